The molecule has 0 aliphatic rings. The summed E-state index contributed by atoms with van der Waals surface area (Å²) in [6.45, 7) is 1.78. The number of H-pyrrole nitrogens is 1. The molecule has 0 amide bonds. The second-order valence-electron chi connectivity index (χ2n) is 2.67. The Morgan fingerprint density at radius 3 is 3.08 bits per heavy atom. The molecule has 66 valence electrons. The molecule has 0 bridgehead atoms. The lowest BCUT2D eigenvalue weighted by Crippen LogP contribution is -2.18. The Bertz CT molecular complexity index is 281. The lowest BCUT2D eigenvalue weighted by atomic mass is 10.2. The van der Waals surface area contributed by atoms with Crippen LogP contribution in [0.15, 0.2) is 6.20 Å². The van der Waals surface area contributed by atoms with E-state index in [4.69, 9.17) is 5.73 Å². The standard InChI is InChI=1S/C6H10N4O2/c1-4(7)2-5-6(10(11)12)3-8-9-5/h3-4H,2,7H2,1H3,(H,8,9)/t4-/m1/s1. The topological polar surface area (TPSA) is 97.8 Å². The summed E-state index contributed by atoms with van der Waals surface area (Å²) < 4.78 is 0. The number of nitro groups is 1. The monoisotopic (exact) mass is 170 g/mol. The summed E-state index contributed by atoms with van der Waals surface area (Å²) in [7, 11) is 0. The van der Waals surface area contributed by atoms with E-state index in [1.54, 1.807) is 6.92 Å². The van der Waals surface area contributed by atoms with Gasteiger partial charge in [0.25, 0.3) is 0 Å². The first-order chi connectivity index (χ1) is 5.61. The van der Waals surface area contributed by atoms with E-state index in [2.05, 4.69) is 10.2 Å². The first kappa shape index (κ1) is 8.66. The molecule has 0 aliphatic carbocycles. The number of hydrogen-bond acceptors (Lipinski definition) is 4. The molecule has 0 aromatic carbocycles. The predicted octanol–water partition coefficient (Wildman–Crippen LogP) is 0.208. The summed E-state index contributed by atoms with van der Waals surface area (Å²) in [5.74, 6) is 0. The van der Waals surface area contributed by atoms with Crippen LogP contribution in [0.25, 0.3) is 0 Å². The fourth-order valence-electron chi connectivity index (χ4n) is 0.936. The molecule has 0 radical (unpaired) electrons. The van der Waals surface area contributed by atoms with Gasteiger partial charge in [0, 0.05) is 12.5 Å². The molecule has 12 heavy (non-hydrogen) atoms. The van der Waals surface area contributed by atoms with Gasteiger partial charge in [-0.25, -0.2) is 0 Å². The smallest absolute Gasteiger partial charge is 0.309 e. The van der Waals surface area contributed by atoms with Gasteiger partial charge >= 0.3 is 5.69 Å². The highest BCUT2D eigenvalue weighted by atomic mass is 16.6. The molecule has 0 aliphatic heterocycles. The van der Waals surface area contributed by atoms with Gasteiger partial charge in [-0.05, 0) is 6.92 Å². The Morgan fingerprint density at radius 2 is 2.58 bits per heavy atom. The fraction of sp³-hybridized carbons (Fsp3) is 0.500. The SMILES string of the molecule is C[C@@H](N)Cc1[nH]ncc1[N+](=O)[O-]. The van der Waals surface area contributed by atoms with E-state index in [0.717, 1.165) is 0 Å². The maximum absolute atomic E-state index is 10.4. The zero-order valence-electron chi connectivity index (χ0n) is 6.65. The first-order valence-electron chi connectivity index (χ1n) is 3.53. The third-order valence-electron chi connectivity index (χ3n) is 1.42. The molecular formula is C6H10N4O2. The molecule has 1 heterocycles. The molecule has 1 aromatic heterocycles. The highest BCUT2D eigenvalue weighted by Crippen LogP contribution is 2.15. The van der Waals surface area contributed by atoms with Crippen LogP contribution in [-0.2, 0) is 6.42 Å². The van der Waals surface area contributed by atoms with Crippen molar-refractivity contribution in [2.24, 2.45) is 5.73 Å². The Morgan fingerprint density at radius 1 is 1.92 bits per heavy atom. The van der Waals surface area contributed by atoms with Crippen molar-refractivity contribution in [1.29, 1.82) is 0 Å². The lowest BCUT2D eigenvalue weighted by Gasteiger charge is -2.00. The molecule has 6 heteroatoms. The van der Waals surface area contributed by atoms with Crippen LogP contribution in [0, 0.1) is 10.1 Å². The number of aromatic amines is 1. The molecule has 0 spiro atoms. The third-order valence-corrected chi connectivity index (χ3v) is 1.42. The highest BCUT2D eigenvalue weighted by molar-refractivity contribution is 5.32. The highest BCUT2D eigenvalue weighted by Gasteiger charge is 2.16. The van der Waals surface area contributed by atoms with Crippen LogP contribution in [-0.4, -0.2) is 21.2 Å². The molecule has 1 rings (SSSR count). The number of rotatable bonds is 3. The van der Waals surface area contributed by atoms with Crippen LogP contribution in [0.1, 0.15) is 12.6 Å². The Hall–Kier alpha value is -1.43. The largest absolute Gasteiger partial charge is 0.328 e. The number of aromatic nitrogens is 2. The van der Waals surface area contributed by atoms with Crippen molar-refractivity contribution < 1.29 is 4.92 Å². The van der Waals surface area contributed by atoms with Crippen molar-refractivity contribution in [3.63, 3.8) is 0 Å². The first-order valence-corrected chi connectivity index (χ1v) is 3.53. The number of nitrogens with zero attached hydrogens (tertiary/aromatic N) is 2. The molecular weight excluding hydrogens is 160 g/mol. The van der Waals surface area contributed by atoms with Crippen molar-refractivity contribution in [2.45, 2.75) is 19.4 Å². The molecule has 0 unspecified atom stereocenters. The minimum absolute atomic E-state index is 0.00676. The van der Waals surface area contributed by atoms with E-state index in [1.165, 1.54) is 6.20 Å². The summed E-state index contributed by atoms with van der Waals surface area (Å²) in [6.07, 6.45) is 1.63. The van der Waals surface area contributed by atoms with Crippen LogP contribution in [0.4, 0.5) is 5.69 Å². The summed E-state index contributed by atoms with van der Waals surface area (Å²) in [6, 6.07) is -0.107. The third kappa shape index (κ3) is 1.79. The molecule has 1 aromatic rings. The van der Waals surface area contributed by atoms with Gasteiger partial charge in [0.1, 0.15) is 11.9 Å². The van der Waals surface area contributed by atoms with E-state index in [-0.39, 0.29) is 11.7 Å². The zero-order valence-corrected chi connectivity index (χ0v) is 6.65. The molecule has 1 atom stereocenters. The predicted molar refractivity (Wildman–Crippen MR) is 42.6 cm³/mol. The average Bonchev–Trinajstić information content (AvgIpc) is 2.33. The van der Waals surface area contributed by atoms with Gasteiger partial charge in [0.05, 0.1) is 4.92 Å². The van der Waals surface area contributed by atoms with Crippen LogP contribution >= 0.6 is 0 Å². The van der Waals surface area contributed by atoms with Crippen molar-refractivity contribution in [3.05, 3.63) is 22.0 Å². The van der Waals surface area contributed by atoms with E-state index in [9.17, 15) is 10.1 Å². The van der Waals surface area contributed by atoms with Crippen LogP contribution in [0.2, 0.25) is 0 Å². The van der Waals surface area contributed by atoms with Crippen molar-refractivity contribution in [1.82, 2.24) is 10.2 Å². The van der Waals surface area contributed by atoms with Gasteiger partial charge in [0.15, 0.2) is 0 Å². The van der Waals surface area contributed by atoms with Crippen LogP contribution < -0.4 is 5.73 Å². The van der Waals surface area contributed by atoms with E-state index < -0.39 is 4.92 Å². The molecule has 6 nitrogen and oxygen atoms in total. The van der Waals surface area contributed by atoms with Gasteiger partial charge in [0.2, 0.25) is 0 Å². The summed E-state index contributed by atoms with van der Waals surface area (Å²) in [5.41, 5.74) is 5.97. The minimum atomic E-state index is -0.471. The Balaban J connectivity index is 2.84. The van der Waals surface area contributed by atoms with Crippen LogP contribution in [0.3, 0.4) is 0 Å². The molecule has 0 saturated carbocycles. The van der Waals surface area contributed by atoms with Gasteiger partial charge in [-0.2, -0.15) is 5.10 Å². The van der Waals surface area contributed by atoms with E-state index in [0.29, 0.717) is 12.1 Å². The van der Waals surface area contributed by atoms with Crippen LogP contribution in [0.5, 0.6) is 0 Å². The minimum Gasteiger partial charge on any atom is -0.328 e. The van der Waals surface area contributed by atoms with Gasteiger partial charge in [-0.3, -0.25) is 15.2 Å². The van der Waals surface area contributed by atoms with E-state index >= 15 is 0 Å². The number of nitrogens with two attached hydrogens (primary N) is 1. The number of hydrogen-bond donors (Lipinski definition) is 2. The zero-order chi connectivity index (χ0) is 9.14. The van der Waals surface area contributed by atoms with Crippen molar-refractivity contribution in [2.75, 3.05) is 0 Å². The molecule has 0 fully saturated rings. The summed E-state index contributed by atoms with van der Waals surface area (Å²) >= 11 is 0. The quantitative estimate of drug-likeness (QED) is 0.500. The maximum atomic E-state index is 10.4. The average molecular weight is 170 g/mol. The summed E-state index contributed by atoms with van der Waals surface area (Å²) in [4.78, 5) is 9.90. The van der Waals surface area contributed by atoms with E-state index in [1.807, 2.05) is 0 Å². The van der Waals surface area contributed by atoms with Crippen molar-refractivity contribution >= 4 is 5.69 Å². The second-order valence-corrected chi connectivity index (χ2v) is 2.67. The second kappa shape index (κ2) is 3.31. The van der Waals surface area contributed by atoms with Gasteiger partial charge < -0.3 is 5.73 Å². The molecule has 3 N–H and O–H groups in total. The summed E-state index contributed by atoms with van der Waals surface area (Å²) in [5, 5.41) is 16.5. The lowest BCUT2D eigenvalue weighted by molar-refractivity contribution is -0.385. The maximum Gasteiger partial charge on any atom is 0.309 e. The fourth-order valence-corrected chi connectivity index (χ4v) is 0.936. The molecule has 0 saturated heterocycles. The van der Waals surface area contributed by atoms with Crippen molar-refractivity contribution in [3.8, 4) is 0 Å². The van der Waals surface area contributed by atoms with Gasteiger partial charge in [-0.15, -0.1) is 0 Å². The van der Waals surface area contributed by atoms with Gasteiger partial charge in [-0.1, -0.05) is 0 Å². The normalized spacial score (nSPS) is 12.8. The Kier molecular flexibility index (Phi) is 2.39. The Labute approximate surface area is 68.9 Å². The number of nitrogens with one attached hydrogen (secondary N) is 1.